The van der Waals surface area contributed by atoms with E-state index in [2.05, 4.69) is 43.1 Å². The molecule has 0 aliphatic carbocycles. The van der Waals surface area contributed by atoms with Crippen LogP contribution in [0.3, 0.4) is 0 Å². The first-order chi connectivity index (χ1) is 7.16. The highest BCUT2D eigenvalue weighted by atomic mass is 14.8. The lowest BCUT2D eigenvalue weighted by Crippen LogP contribution is -1.90. The third-order valence-electron chi connectivity index (χ3n) is 2.28. The average molecular weight is 198 g/mol. The Balaban J connectivity index is 2.65. The number of hydrogen-bond acceptors (Lipinski definition) is 2. The summed E-state index contributed by atoms with van der Waals surface area (Å²) in [5.74, 6) is 0.594. The minimum atomic E-state index is 0.594. The predicted octanol–water partition coefficient (Wildman–Crippen LogP) is 3.24. The van der Waals surface area contributed by atoms with E-state index < -0.39 is 0 Å². The number of rotatable bonds is 1. The molecular formula is C13H14N2. The molecule has 1 aromatic carbocycles. The number of allylic oxidation sites excluding steroid dienone is 1. The number of aromatic nitrogens is 1. The van der Waals surface area contributed by atoms with E-state index in [9.17, 15) is 0 Å². The van der Waals surface area contributed by atoms with Gasteiger partial charge in [0.1, 0.15) is 5.82 Å². The van der Waals surface area contributed by atoms with Crippen LogP contribution in [0.15, 0.2) is 36.0 Å². The zero-order valence-electron chi connectivity index (χ0n) is 8.99. The number of hydrogen-bond donors (Lipinski definition) is 1. The quantitative estimate of drug-likeness (QED) is 0.764. The summed E-state index contributed by atoms with van der Waals surface area (Å²) in [6, 6.07) is 8.21. The van der Waals surface area contributed by atoms with Crippen LogP contribution in [0.5, 0.6) is 0 Å². The normalized spacial score (nSPS) is 10.3. The van der Waals surface area contributed by atoms with E-state index in [0.717, 1.165) is 10.8 Å². The number of nitrogen functional groups attached to an aromatic ring is 1. The van der Waals surface area contributed by atoms with E-state index in [1.54, 1.807) is 6.20 Å². The fourth-order valence-corrected chi connectivity index (χ4v) is 1.63. The van der Waals surface area contributed by atoms with Crippen molar-refractivity contribution in [3.8, 4) is 0 Å². The zero-order chi connectivity index (χ0) is 10.8. The molecule has 2 nitrogen and oxygen atoms in total. The van der Waals surface area contributed by atoms with Gasteiger partial charge in [0.25, 0.3) is 0 Å². The van der Waals surface area contributed by atoms with Crippen LogP contribution < -0.4 is 5.73 Å². The van der Waals surface area contributed by atoms with Gasteiger partial charge in [-0.2, -0.15) is 0 Å². The predicted molar refractivity (Wildman–Crippen MR) is 65.5 cm³/mol. The Kier molecular flexibility index (Phi) is 2.42. The minimum absolute atomic E-state index is 0.594. The van der Waals surface area contributed by atoms with Crippen LogP contribution >= 0.6 is 0 Å². The molecule has 1 heterocycles. The summed E-state index contributed by atoms with van der Waals surface area (Å²) in [7, 11) is 0. The summed E-state index contributed by atoms with van der Waals surface area (Å²) < 4.78 is 0. The average Bonchev–Trinajstić information content (AvgIpc) is 2.18. The fraction of sp³-hybridized carbons (Fsp3) is 0.154. The van der Waals surface area contributed by atoms with Gasteiger partial charge in [0.05, 0.1) is 0 Å². The molecule has 2 aromatic rings. The van der Waals surface area contributed by atoms with Crippen molar-refractivity contribution in [3.05, 3.63) is 41.6 Å². The molecule has 0 aliphatic heterocycles. The molecule has 0 aliphatic rings. The van der Waals surface area contributed by atoms with Crippen LogP contribution in [-0.4, -0.2) is 4.98 Å². The lowest BCUT2D eigenvalue weighted by molar-refractivity contribution is 1.37. The molecule has 0 atom stereocenters. The van der Waals surface area contributed by atoms with Gasteiger partial charge < -0.3 is 5.73 Å². The van der Waals surface area contributed by atoms with Crippen molar-refractivity contribution in [2.45, 2.75) is 13.8 Å². The number of pyridine rings is 1. The highest BCUT2D eigenvalue weighted by molar-refractivity contribution is 5.92. The maximum Gasteiger partial charge on any atom is 0.131 e. The number of fused-ring (bicyclic) bond motifs is 1. The summed E-state index contributed by atoms with van der Waals surface area (Å²) in [6.45, 7) is 4.16. The van der Waals surface area contributed by atoms with Crippen molar-refractivity contribution in [3.63, 3.8) is 0 Å². The highest BCUT2D eigenvalue weighted by Crippen LogP contribution is 2.21. The Morgan fingerprint density at radius 2 is 2.07 bits per heavy atom. The molecular weight excluding hydrogens is 184 g/mol. The van der Waals surface area contributed by atoms with Crippen LogP contribution in [0.4, 0.5) is 5.82 Å². The first-order valence-corrected chi connectivity index (χ1v) is 4.96. The van der Waals surface area contributed by atoms with Gasteiger partial charge >= 0.3 is 0 Å². The third-order valence-corrected chi connectivity index (χ3v) is 2.28. The van der Waals surface area contributed by atoms with Gasteiger partial charge in [0.2, 0.25) is 0 Å². The lowest BCUT2D eigenvalue weighted by Gasteiger charge is -2.02. The van der Waals surface area contributed by atoms with Crippen molar-refractivity contribution in [1.29, 1.82) is 0 Å². The van der Waals surface area contributed by atoms with Gasteiger partial charge in [-0.3, -0.25) is 0 Å². The van der Waals surface area contributed by atoms with Crippen LogP contribution in [0.1, 0.15) is 19.4 Å². The first-order valence-electron chi connectivity index (χ1n) is 4.96. The van der Waals surface area contributed by atoms with Crippen LogP contribution in [0.25, 0.3) is 16.8 Å². The summed E-state index contributed by atoms with van der Waals surface area (Å²) in [4.78, 5) is 4.08. The molecule has 0 bridgehead atoms. The van der Waals surface area contributed by atoms with E-state index in [4.69, 9.17) is 5.73 Å². The maximum atomic E-state index is 5.82. The third kappa shape index (κ3) is 1.99. The highest BCUT2D eigenvalue weighted by Gasteiger charge is 1.98. The topological polar surface area (TPSA) is 38.9 Å². The molecule has 76 valence electrons. The zero-order valence-corrected chi connectivity index (χ0v) is 8.99. The second-order valence-electron chi connectivity index (χ2n) is 3.90. The van der Waals surface area contributed by atoms with Crippen molar-refractivity contribution >= 4 is 22.7 Å². The molecule has 0 radical (unpaired) electrons. The molecule has 0 saturated heterocycles. The minimum Gasteiger partial charge on any atom is -0.383 e. The van der Waals surface area contributed by atoms with Crippen molar-refractivity contribution in [2.24, 2.45) is 0 Å². The Labute approximate surface area is 89.4 Å². The van der Waals surface area contributed by atoms with Crippen LogP contribution in [0, 0.1) is 0 Å². The standard InChI is InChI=1S/C13H14N2/c1-9(2)7-10-3-4-11-5-6-15-13(14)12(11)8-10/h3-8H,1-2H3,(H2,14,15). The molecule has 2 rings (SSSR count). The Hall–Kier alpha value is -1.83. The van der Waals surface area contributed by atoms with Crippen LogP contribution in [0.2, 0.25) is 0 Å². The number of benzene rings is 1. The second-order valence-corrected chi connectivity index (χ2v) is 3.90. The summed E-state index contributed by atoms with van der Waals surface area (Å²) in [5.41, 5.74) is 8.27. The van der Waals surface area contributed by atoms with Crippen molar-refractivity contribution in [2.75, 3.05) is 5.73 Å². The molecule has 2 N–H and O–H groups in total. The van der Waals surface area contributed by atoms with Crippen LogP contribution in [-0.2, 0) is 0 Å². The van der Waals surface area contributed by atoms with Gasteiger partial charge in [-0.1, -0.05) is 23.8 Å². The van der Waals surface area contributed by atoms with Gasteiger partial charge in [0.15, 0.2) is 0 Å². The van der Waals surface area contributed by atoms with Gasteiger partial charge in [-0.05, 0) is 36.9 Å². The lowest BCUT2D eigenvalue weighted by atomic mass is 10.1. The maximum absolute atomic E-state index is 5.82. The van der Waals surface area contributed by atoms with E-state index in [1.165, 1.54) is 11.1 Å². The summed E-state index contributed by atoms with van der Waals surface area (Å²) in [6.07, 6.45) is 3.87. The van der Waals surface area contributed by atoms with Gasteiger partial charge in [-0.15, -0.1) is 0 Å². The number of nitrogens with zero attached hydrogens (tertiary/aromatic N) is 1. The van der Waals surface area contributed by atoms with Crippen molar-refractivity contribution in [1.82, 2.24) is 4.98 Å². The molecule has 2 heteroatoms. The summed E-state index contributed by atoms with van der Waals surface area (Å²) >= 11 is 0. The molecule has 15 heavy (non-hydrogen) atoms. The SMILES string of the molecule is CC(C)=Cc1ccc2ccnc(N)c2c1. The smallest absolute Gasteiger partial charge is 0.131 e. The Morgan fingerprint density at radius 1 is 1.27 bits per heavy atom. The van der Waals surface area contributed by atoms with E-state index >= 15 is 0 Å². The molecule has 1 aromatic heterocycles. The first kappa shape index (κ1) is 9.71. The number of anilines is 1. The van der Waals surface area contributed by atoms with Crippen molar-refractivity contribution < 1.29 is 0 Å². The molecule has 0 amide bonds. The second kappa shape index (κ2) is 3.73. The summed E-state index contributed by atoms with van der Waals surface area (Å²) in [5, 5.41) is 2.15. The van der Waals surface area contributed by atoms with E-state index in [-0.39, 0.29) is 0 Å². The van der Waals surface area contributed by atoms with E-state index in [1.807, 2.05) is 6.07 Å². The molecule has 0 fully saturated rings. The molecule has 0 spiro atoms. The molecule has 0 unspecified atom stereocenters. The van der Waals surface area contributed by atoms with E-state index in [0.29, 0.717) is 5.82 Å². The fourth-order valence-electron chi connectivity index (χ4n) is 1.63. The Morgan fingerprint density at radius 3 is 2.80 bits per heavy atom. The molecule has 0 saturated carbocycles. The van der Waals surface area contributed by atoms with Gasteiger partial charge in [0, 0.05) is 11.6 Å². The van der Waals surface area contributed by atoms with Gasteiger partial charge in [-0.25, -0.2) is 4.98 Å². The Bertz CT molecular complexity index is 523. The largest absolute Gasteiger partial charge is 0.383 e. The monoisotopic (exact) mass is 198 g/mol. The number of nitrogens with two attached hydrogens (primary N) is 1.